The summed E-state index contributed by atoms with van der Waals surface area (Å²) >= 11 is 4.67. The molecule has 0 aliphatic rings. The minimum Gasteiger partial charge on any atom is -0.289 e. The number of alkyl halides is 3. The fourth-order valence-electron chi connectivity index (χ4n) is 0.380. The van der Waals surface area contributed by atoms with Gasteiger partial charge in [0.25, 0.3) is 5.24 Å². The zero-order valence-corrected chi connectivity index (χ0v) is 6.45. The molecule has 0 saturated heterocycles. The largest absolute Gasteiger partial charge is 0.409 e. The normalized spacial score (nSPS) is 12.0. The third-order valence-electron chi connectivity index (χ3n) is 0.829. The van der Waals surface area contributed by atoms with Gasteiger partial charge in [-0.3, -0.25) is 9.59 Å². The van der Waals surface area contributed by atoms with Gasteiger partial charge in [0.2, 0.25) is 5.78 Å². The van der Waals surface area contributed by atoms with E-state index in [1.165, 1.54) is 0 Å². The summed E-state index contributed by atoms with van der Waals surface area (Å²) in [5.41, 5.74) is 0. The van der Waals surface area contributed by atoms with Gasteiger partial charge < -0.3 is 0 Å². The van der Waals surface area contributed by atoms with Crippen molar-refractivity contribution >= 4 is 22.6 Å². The molecule has 0 bridgehead atoms. The summed E-state index contributed by atoms with van der Waals surface area (Å²) in [6.07, 6.45) is -4.66. The van der Waals surface area contributed by atoms with Crippen LogP contribution in [0.4, 0.5) is 13.2 Å². The Kier molecular flexibility index (Phi) is 3.95. The summed E-state index contributed by atoms with van der Waals surface area (Å²) in [4.78, 5) is 20.3. The smallest absolute Gasteiger partial charge is 0.289 e. The lowest BCUT2D eigenvalue weighted by atomic mass is 10.3. The summed E-state index contributed by atoms with van der Waals surface area (Å²) in [7, 11) is 0. The van der Waals surface area contributed by atoms with Crippen LogP contribution in [0.1, 0.15) is 6.42 Å². The third-order valence-corrected chi connectivity index (χ3v) is 1.04. The molecule has 0 unspecified atom stereocenters. The first-order valence-corrected chi connectivity index (χ1v) is 3.18. The maximum atomic E-state index is 11.4. The van der Waals surface area contributed by atoms with Gasteiger partial charge in [-0.1, -0.05) is 6.08 Å². The minimum absolute atomic E-state index is 0.120. The molecule has 0 saturated carbocycles. The Morgan fingerprint density at radius 1 is 1.33 bits per heavy atom. The van der Waals surface area contributed by atoms with Crippen LogP contribution in [0.25, 0.3) is 0 Å². The van der Waals surface area contributed by atoms with Crippen molar-refractivity contribution in [1.82, 2.24) is 0 Å². The van der Waals surface area contributed by atoms with Crippen molar-refractivity contribution in [1.29, 1.82) is 0 Å². The number of hydrogen-bond donors (Lipinski definition) is 0. The summed E-state index contributed by atoms with van der Waals surface area (Å²) in [5, 5.41) is -1.26. The zero-order valence-electron chi connectivity index (χ0n) is 5.69. The van der Waals surface area contributed by atoms with Crippen molar-refractivity contribution in [3.05, 3.63) is 12.2 Å². The number of ketones is 1. The highest BCUT2D eigenvalue weighted by molar-refractivity contribution is 6.81. The molecule has 0 atom stereocenters. The van der Waals surface area contributed by atoms with Crippen LogP contribution < -0.4 is 0 Å². The Labute approximate surface area is 71.0 Å². The molecule has 0 aromatic heterocycles. The average molecular weight is 201 g/mol. The molecule has 0 fully saturated rings. The van der Waals surface area contributed by atoms with Crippen molar-refractivity contribution in [2.24, 2.45) is 0 Å². The van der Waals surface area contributed by atoms with Crippen LogP contribution >= 0.6 is 11.6 Å². The van der Waals surface area contributed by atoms with Crippen LogP contribution in [0.15, 0.2) is 12.2 Å². The molecule has 6 heteroatoms. The van der Waals surface area contributed by atoms with Gasteiger partial charge in [-0.2, -0.15) is 13.2 Å². The Bertz CT molecular complexity index is 219. The van der Waals surface area contributed by atoms with Crippen molar-refractivity contribution in [2.45, 2.75) is 12.6 Å². The van der Waals surface area contributed by atoms with Gasteiger partial charge in [0.15, 0.2) is 0 Å². The standard InChI is InChI=1S/C6H4ClF3O2/c7-5(12)4(11)2-1-3-6(8,9)10/h1,3H,2H2/b3-1+. The van der Waals surface area contributed by atoms with Crippen molar-refractivity contribution in [2.75, 3.05) is 0 Å². The second-order valence-corrected chi connectivity index (χ2v) is 2.19. The molecule has 12 heavy (non-hydrogen) atoms. The highest BCUT2D eigenvalue weighted by Gasteiger charge is 2.22. The minimum atomic E-state index is -4.46. The second kappa shape index (κ2) is 4.25. The summed E-state index contributed by atoms with van der Waals surface area (Å²) in [6.45, 7) is 0. The highest BCUT2D eigenvalue weighted by Crippen LogP contribution is 2.16. The van der Waals surface area contributed by atoms with E-state index in [1.807, 2.05) is 0 Å². The topological polar surface area (TPSA) is 34.1 Å². The lowest BCUT2D eigenvalue weighted by Crippen LogP contribution is -2.06. The maximum absolute atomic E-state index is 11.4. The third kappa shape index (κ3) is 5.91. The first kappa shape index (κ1) is 11.2. The van der Waals surface area contributed by atoms with E-state index in [1.54, 1.807) is 0 Å². The average Bonchev–Trinajstić information content (AvgIpc) is 1.84. The fraction of sp³-hybridized carbons (Fsp3) is 0.333. The van der Waals surface area contributed by atoms with Gasteiger partial charge in [0.1, 0.15) is 0 Å². The number of halogens is 4. The van der Waals surface area contributed by atoms with E-state index in [9.17, 15) is 22.8 Å². The molecule has 2 nitrogen and oxygen atoms in total. The SMILES string of the molecule is O=C(Cl)C(=O)C/C=C/C(F)(F)F. The molecular formula is C6H4ClF3O2. The van der Waals surface area contributed by atoms with E-state index >= 15 is 0 Å². The maximum Gasteiger partial charge on any atom is 0.409 e. The van der Waals surface area contributed by atoms with E-state index in [2.05, 4.69) is 11.6 Å². The van der Waals surface area contributed by atoms with Crippen LogP contribution in [-0.4, -0.2) is 17.2 Å². The molecule has 68 valence electrons. The van der Waals surface area contributed by atoms with Gasteiger partial charge in [0, 0.05) is 12.5 Å². The first-order valence-electron chi connectivity index (χ1n) is 2.80. The van der Waals surface area contributed by atoms with Crippen molar-refractivity contribution in [3.8, 4) is 0 Å². The molecule has 0 aliphatic carbocycles. The number of carbonyl (C=O) groups is 2. The Morgan fingerprint density at radius 2 is 1.83 bits per heavy atom. The van der Waals surface area contributed by atoms with Crippen LogP contribution in [0, 0.1) is 0 Å². The van der Waals surface area contributed by atoms with Crippen LogP contribution in [-0.2, 0) is 9.59 Å². The van der Waals surface area contributed by atoms with E-state index in [0.717, 1.165) is 0 Å². The molecule has 0 aliphatic heterocycles. The molecule has 0 aromatic carbocycles. The molecule has 0 N–H and O–H groups in total. The number of rotatable bonds is 3. The van der Waals surface area contributed by atoms with E-state index < -0.39 is 23.6 Å². The summed E-state index contributed by atoms with van der Waals surface area (Å²) in [6, 6.07) is 0. The van der Waals surface area contributed by atoms with Crippen molar-refractivity contribution < 1.29 is 22.8 Å². The monoisotopic (exact) mass is 200 g/mol. The Balaban J connectivity index is 3.92. The quantitative estimate of drug-likeness (QED) is 0.396. The molecular weight excluding hydrogens is 197 g/mol. The molecule has 0 radical (unpaired) electrons. The van der Waals surface area contributed by atoms with Crippen molar-refractivity contribution in [3.63, 3.8) is 0 Å². The predicted molar refractivity (Wildman–Crippen MR) is 35.7 cm³/mol. The second-order valence-electron chi connectivity index (χ2n) is 1.84. The van der Waals surface area contributed by atoms with Gasteiger partial charge in [0.05, 0.1) is 0 Å². The molecule has 0 aromatic rings. The van der Waals surface area contributed by atoms with Gasteiger partial charge in [-0.15, -0.1) is 0 Å². The van der Waals surface area contributed by atoms with E-state index in [-0.39, 0.29) is 6.08 Å². The Morgan fingerprint density at radius 3 is 2.17 bits per heavy atom. The predicted octanol–water partition coefficient (Wildman–Crippen LogP) is 1.83. The fourth-order valence-corrected chi connectivity index (χ4v) is 0.457. The van der Waals surface area contributed by atoms with Gasteiger partial charge in [-0.05, 0) is 11.6 Å². The van der Waals surface area contributed by atoms with Crippen LogP contribution in [0.3, 0.4) is 0 Å². The number of allylic oxidation sites excluding steroid dienone is 2. The van der Waals surface area contributed by atoms with Crippen LogP contribution in [0.2, 0.25) is 0 Å². The Hall–Kier alpha value is -0.840. The lowest BCUT2D eigenvalue weighted by molar-refractivity contribution is -0.131. The van der Waals surface area contributed by atoms with Gasteiger partial charge in [-0.25, -0.2) is 0 Å². The molecule has 0 spiro atoms. The molecule has 0 heterocycles. The number of hydrogen-bond acceptors (Lipinski definition) is 2. The van der Waals surface area contributed by atoms with E-state index in [4.69, 9.17) is 0 Å². The molecule has 0 amide bonds. The number of carbonyl (C=O) groups excluding carboxylic acids is 2. The first-order chi connectivity index (χ1) is 5.33. The lowest BCUT2D eigenvalue weighted by Gasteiger charge is -1.95. The molecule has 0 rings (SSSR count). The van der Waals surface area contributed by atoms with Crippen LogP contribution in [0.5, 0.6) is 0 Å². The summed E-state index contributed by atoms with van der Waals surface area (Å²) < 4.78 is 34.2. The highest BCUT2D eigenvalue weighted by atomic mass is 35.5. The van der Waals surface area contributed by atoms with Gasteiger partial charge >= 0.3 is 6.18 Å². The van der Waals surface area contributed by atoms with E-state index in [0.29, 0.717) is 6.08 Å². The summed E-state index contributed by atoms with van der Waals surface area (Å²) in [5.74, 6) is -1.06. The zero-order chi connectivity index (χ0) is 9.78. The number of Topliss-reactive ketones (excluding diaryl/α,β-unsaturated/α-hetero) is 1.